The highest BCUT2D eigenvalue weighted by Gasteiger charge is 2.21. The van der Waals surface area contributed by atoms with Gasteiger partial charge in [-0.1, -0.05) is 13.8 Å². The number of nitrogen functional groups attached to an aromatic ring is 1. The van der Waals surface area contributed by atoms with Gasteiger partial charge in [-0.05, 0) is 38.0 Å². The first-order valence-electron chi connectivity index (χ1n) is 7.99. The highest BCUT2D eigenvalue weighted by atomic mass is 19.1. The third-order valence-electron chi connectivity index (χ3n) is 4.44. The Morgan fingerprint density at radius 2 is 2.10 bits per heavy atom. The first-order chi connectivity index (χ1) is 10.0. The van der Waals surface area contributed by atoms with Crippen molar-refractivity contribution in [2.45, 2.75) is 40.0 Å². The minimum atomic E-state index is -0.382. The summed E-state index contributed by atoms with van der Waals surface area (Å²) < 4.78 is 19.2. The van der Waals surface area contributed by atoms with Crippen LogP contribution in [-0.4, -0.2) is 19.7 Å². The van der Waals surface area contributed by atoms with Crippen molar-refractivity contribution in [3.8, 4) is 5.75 Å². The predicted molar refractivity (Wildman–Crippen MR) is 86.4 cm³/mol. The SMILES string of the molecule is CCOc1cc(N2CCCC(C(C)C)CC2)c(N)cc1F. The molecule has 3 nitrogen and oxygen atoms in total. The number of benzene rings is 1. The van der Waals surface area contributed by atoms with E-state index in [1.54, 1.807) is 6.07 Å². The van der Waals surface area contributed by atoms with Gasteiger partial charge in [0.25, 0.3) is 0 Å². The monoisotopic (exact) mass is 294 g/mol. The maximum Gasteiger partial charge on any atom is 0.167 e. The number of rotatable bonds is 4. The van der Waals surface area contributed by atoms with Crippen LogP contribution in [0.2, 0.25) is 0 Å². The molecule has 0 radical (unpaired) electrons. The Hall–Kier alpha value is -1.45. The molecule has 21 heavy (non-hydrogen) atoms. The summed E-state index contributed by atoms with van der Waals surface area (Å²) in [7, 11) is 0. The van der Waals surface area contributed by atoms with Gasteiger partial charge in [0, 0.05) is 25.2 Å². The second kappa shape index (κ2) is 7.01. The molecule has 118 valence electrons. The van der Waals surface area contributed by atoms with Crippen LogP contribution in [0.4, 0.5) is 15.8 Å². The largest absolute Gasteiger partial charge is 0.491 e. The molecule has 1 fully saturated rings. The summed E-state index contributed by atoms with van der Waals surface area (Å²) in [5.74, 6) is 1.40. The van der Waals surface area contributed by atoms with Crippen molar-refractivity contribution in [2.24, 2.45) is 11.8 Å². The highest BCUT2D eigenvalue weighted by molar-refractivity contribution is 5.70. The minimum Gasteiger partial charge on any atom is -0.491 e. The third-order valence-corrected chi connectivity index (χ3v) is 4.44. The van der Waals surface area contributed by atoms with E-state index in [1.165, 1.54) is 18.9 Å². The van der Waals surface area contributed by atoms with E-state index in [0.29, 0.717) is 18.0 Å². The molecule has 1 aliphatic heterocycles. The Morgan fingerprint density at radius 3 is 2.76 bits per heavy atom. The average molecular weight is 294 g/mol. The molecule has 1 aliphatic rings. The molecule has 1 aromatic rings. The fourth-order valence-electron chi connectivity index (χ4n) is 3.13. The molecule has 0 amide bonds. The molecule has 1 aromatic carbocycles. The lowest BCUT2D eigenvalue weighted by Gasteiger charge is -2.25. The van der Waals surface area contributed by atoms with Crippen molar-refractivity contribution in [1.82, 2.24) is 0 Å². The summed E-state index contributed by atoms with van der Waals surface area (Å²) in [6.07, 6.45) is 3.58. The van der Waals surface area contributed by atoms with Gasteiger partial charge in [0.2, 0.25) is 0 Å². The number of halogens is 1. The molecule has 0 aromatic heterocycles. The molecule has 0 spiro atoms. The van der Waals surface area contributed by atoms with Crippen molar-refractivity contribution in [2.75, 3.05) is 30.3 Å². The van der Waals surface area contributed by atoms with Crippen molar-refractivity contribution in [1.29, 1.82) is 0 Å². The van der Waals surface area contributed by atoms with E-state index in [4.69, 9.17) is 10.5 Å². The topological polar surface area (TPSA) is 38.5 Å². The summed E-state index contributed by atoms with van der Waals surface area (Å²) in [5, 5.41) is 0. The van der Waals surface area contributed by atoms with Crippen LogP contribution in [0.25, 0.3) is 0 Å². The fraction of sp³-hybridized carbons (Fsp3) is 0.647. The molecule has 0 saturated carbocycles. The Bertz CT molecular complexity index is 476. The van der Waals surface area contributed by atoms with Gasteiger partial charge < -0.3 is 15.4 Å². The Morgan fingerprint density at radius 1 is 1.33 bits per heavy atom. The molecule has 1 heterocycles. The van der Waals surface area contributed by atoms with Gasteiger partial charge >= 0.3 is 0 Å². The lowest BCUT2D eigenvalue weighted by atomic mass is 9.89. The van der Waals surface area contributed by atoms with Gasteiger partial charge in [0.15, 0.2) is 11.6 Å². The smallest absolute Gasteiger partial charge is 0.167 e. The van der Waals surface area contributed by atoms with Gasteiger partial charge in [-0.15, -0.1) is 0 Å². The summed E-state index contributed by atoms with van der Waals surface area (Å²) in [5.41, 5.74) is 7.43. The van der Waals surface area contributed by atoms with Crippen LogP contribution >= 0.6 is 0 Å². The zero-order valence-electron chi connectivity index (χ0n) is 13.4. The van der Waals surface area contributed by atoms with Crippen molar-refractivity contribution in [3.63, 3.8) is 0 Å². The quantitative estimate of drug-likeness (QED) is 0.851. The van der Waals surface area contributed by atoms with E-state index in [9.17, 15) is 4.39 Å². The van der Waals surface area contributed by atoms with Crippen LogP contribution in [0, 0.1) is 17.7 Å². The van der Waals surface area contributed by atoms with Crippen LogP contribution in [0.15, 0.2) is 12.1 Å². The lowest BCUT2D eigenvalue weighted by Crippen LogP contribution is -2.25. The number of ether oxygens (including phenoxy) is 1. The number of anilines is 2. The van der Waals surface area contributed by atoms with Crippen molar-refractivity contribution < 1.29 is 9.13 Å². The number of nitrogens with zero attached hydrogens (tertiary/aromatic N) is 1. The molecular formula is C17H27FN2O. The van der Waals surface area contributed by atoms with E-state index < -0.39 is 0 Å². The van der Waals surface area contributed by atoms with Crippen molar-refractivity contribution in [3.05, 3.63) is 17.9 Å². The molecule has 0 aliphatic carbocycles. The molecule has 0 bridgehead atoms. The first-order valence-corrected chi connectivity index (χ1v) is 7.99. The maximum atomic E-state index is 13.8. The molecule has 2 rings (SSSR count). The summed E-state index contributed by atoms with van der Waals surface area (Å²) >= 11 is 0. The van der Waals surface area contributed by atoms with Crippen LogP contribution in [0.5, 0.6) is 5.75 Å². The zero-order valence-corrected chi connectivity index (χ0v) is 13.4. The predicted octanol–water partition coefficient (Wildman–Crippen LogP) is 4.07. The van der Waals surface area contributed by atoms with Crippen LogP contribution in [0.3, 0.4) is 0 Å². The second-order valence-electron chi connectivity index (χ2n) is 6.20. The van der Waals surface area contributed by atoms with E-state index in [0.717, 1.165) is 37.0 Å². The van der Waals surface area contributed by atoms with Crippen LogP contribution in [0.1, 0.15) is 40.0 Å². The summed E-state index contributed by atoms with van der Waals surface area (Å²) in [6.45, 7) is 8.85. The number of hydrogen-bond acceptors (Lipinski definition) is 3. The van der Waals surface area contributed by atoms with E-state index in [2.05, 4.69) is 18.7 Å². The molecule has 2 N–H and O–H groups in total. The lowest BCUT2D eigenvalue weighted by molar-refractivity contribution is 0.321. The molecule has 1 atom stereocenters. The van der Waals surface area contributed by atoms with Gasteiger partial charge in [0.05, 0.1) is 18.0 Å². The fourth-order valence-corrected chi connectivity index (χ4v) is 3.13. The number of hydrogen-bond donors (Lipinski definition) is 1. The van der Waals surface area contributed by atoms with Gasteiger partial charge in [-0.2, -0.15) is 0 Å². The minimum absolute atomic E-state index is 0.298. The van der Waals surface area contributed by atoms with E-state index in [-0.39, 0.29) is 5.82 Å². The Balaban J connectivity index is 2.19. The van der Waals surface area contributed by atoms with Gasteiger partial charge in [-0.3, -0.25) is 0 Å². The van der Waals surface area contributed by atoms with Crippen LogP contribution in [-0.2, 0) is 0 Å². The Labute approximate surface area is 127 Å². The summed E-state index contributed by atoms with van der Waals surface area (Å²) in [4.78, 5) is 2.28. The zero-order chi connectivity index (χ0) is 15.4. The second-order valence-corrected chi connectivity index (χ2v) is 6.20. The normalized spacial score (nSPS) is 19.7. The highest BCUT2D eigenvalue weighted by Crippen LogP contribution is 2.34. The molecule has 1 saturated heterocycles. The molecule has 1 unspecified atom stereocenters. The van der Waals surface area contributed by atoms with Crippen LogP contribution < -0.4 is 15.4 Å². The van der Waals surface area contributed by atoms with Gasteiger partial charge in [0.1, 0.15) is 0 Å². The molecular weight excluding hydrogens is 267 g/mol. The molecule has 4 heteroatoms. The number of nitrogens with two attached hydrogens (primary N) is 1. The average Bonchev–Trinajstić information content (AvgIpc) is 2.68. The first kappa shape index (κ1) is 15.9. The Kier molecular flexibility index (Phi) is 5.32. The van der Waals surface area contributed by atoms with Gasteiger partial charge in [-0.25, -0.2) is 4.39 Å². The van der Waals surface area contributed by atoms with E-state index >= 15 is 0 Å². The standard InChI is InChI=1S/C17H27FN2O/c1-4-21-17-11-16(15(19)10-14(17)18)20-8-5-6-13(7-9-20)12(2)3/h10-13H,4-9,19H2,1-3H3. The third kappa shape index (κ3) is 3.80. The summed E-state index contributed by atoms with van der Waals surface area (Å²) in [6, 6.07) is 3.13. The van der Waals surface area contributed by atoms with Crippen molar-refractivity contribution >= 4 is 11.4 Å². The van der Waals surface area contributed by atoms with E-state index in [1.807, 2.05) is 6.92 Å². The maximum absolute atomic E-state index is 13.8.